The van der Waals surface area contributed by atoms with Gasteiger partial charge in [0.15, 0.2) is 0 Å². The number of carbonyl (C=O) groups is 1. The van der Waals surface area contributed by atoms with Crippen molar-refractivity contribution >= 4 is 28.4 Å². The average Bonchev–Trinajstić information content (AvgIpc) is 2.20. The third kappa shape index (κ3) is 3.73. The van der Waals surface area contributed by atoms with E-state index in [1.165, 1.54) is 6.07 Å². The molecule has 0 spiro atoms. The zero-order valence-electron chi connectivity index (χ0n) is 8.43. The van der Waals surface area contributed by atoms with Gasteiger partial charge in [-0.05, 0) is 36.2 Å². The molecule has 0 saturated heterocycles. The minimum Gasteiger partial charge on any atom is -0.493 e. The van der Waals surface area contributed by atoms with Crippen LogP contribution in [-0.4, -0.2) is 11.8 Å². The molecule has 0 saturated carbocycles. The SMILES string of the molecule is CCCCOc1ccc(Cl)cc1C(=O)Cl. The van der Waals surface area contributed by atoms with Crippen molar-refractivity contribution in [3.63, 3.8) is 0 Å². The van der Waals surface area contributed by atoms with Gasteiger partial charge in [-0.1, -0.05) is 24.9 Å². The molecule has 0 heterocycles. The lowest BCUT2D eigenvalue weighted by molar-refractivity contribution is 0.107. The lowest BCUT2D eigenvalue weighted by Crippen LogP contribution is -2.01. The van der Waals surface area contributed by atoms with Crippen LogP contribution in [-0.2, 0) is 0 Å². The Morgan fingerprint density at radius 3 is 2.80 bits per heavy atom. The fraction of sp³-hybridized carbons (Fsp3) is 0.364. The van der Waals surface area contributed by atoms with E-state index >= 15 is 0 Å². The Morgan fingerprint density at radius 2 is 2.20 bits per heavy atom. The van der Waals surface area contributed by atoms with E-state index in [9.17, 15) is 4.79 Å². The third-order valence-electron chi connectivity index (χ3n) is 1.91. The smallest absolute Gasteiger partial charge is 0.256 e. The quantitative estimate of drug-likeness (QED) is 0.582. The fourth-order valence-corrected chi connectivity index (χ4v) is 1.43. The van der Waals surface area contributed by atoms with E-state index in [2.05, 4.69) is 6.92 Å². The Kier molecular flexibility index (Phi) is 4.92. The maximum Gasteiger partial charge on any atom is 0.256 e. The summed E-state index contributed by atoms with van der Waals surface area (Å²) in [5.41, 5.74) is 0.320. The van der Waals surface area contributed by atoms with Crippen molar-refractivity contribution in [3.8, 4) is 5.75 Å². The van der Waals surface area contributed by atoms with Gasteiger partial charge in [0.2, 0.25) is 0 Å². The van der Waals surface area contributed by atoms with Gasteiger partial charge in [-0.3, -0.25) is 4.79 Å². The van der Waals surface area contributed by atoms with Gasteiger partial charge in [0.25, 0.3) is 5.24 Å². The molecule has 0 N–H and O–H groups in total. The molecule has 0 unspecified atom stereocenters. The molecule has 0 aliphatic heterocycles. The van der Waals surface area contributed by atoms with Crippen LogP contribution in [0.1, 0.15) is 30.1 Å². The van der Waals surface area contributed by atoms with Crippen LogP contribution in [0.25, 0.3) is 0 Å². The predicted octanol–water partition coefficient (Wildman–Crippen LogP) is 3.90. The third-order valence-corrected chi connectivity index (χ3v) is 2.35. The number of hydrogen-bond acceptors (Lipinski definition) is 2. The van der Waals surface area contributed by atoms with Crippen LogP contribution in [0.5, 0.6) is 5.75 Å². The molecule has 0 bridgehead atoms. The maximum absolute atomic E-state index is 11.1. The van der Waals surface area contributed by atoms with E-state index < -0.39 is 5.24 Å². The maximum atomic E-state index is 11.1. The van der Waals surface area contributed by atoms with Crippen LogP contribution in [0.15, 0.2) is 18.2 Å². The molecule has 0 aliphatic carbocycles. The Balaban J connectivity index is 2.81. The Morgan fingerprint density at radius 1 is 1.47 bits per heavy atom. The van der Waals surface area contributed by atoms with Crippen LogP contribution >= 0.6 is 23.2 Å². The van der Waals surface area contributed by atoms with Crippen molar-refractivity contribution in [2.45, 2.75) is 19.8 Å². The first kappa shape index (κ1) is 12.3. The van der Waals surface area contributed by atoms with Crippen LogP contribution in [0.4, 0.5) is 0 Å². The molecule has 0 amide bonds. The van der Waals surface area contributed by atoms with Gasteiger partial charge in [0, 0.05) is 5.02 Å². The van der Waals surface area contributed by atoms with Gasteiger partial charge in [-0.25, -0.2) is 0 Å². The normalized spacial score (nSPS) is 10.1. The van der Waals surface area contributed by atoms with Gasteiger partial charge in [-0.15, -0.1) is 0 Å². The molecule has 4 heteroatoms. The Labute approximate surface area is 99.1 Å². The highest BCUT2D eigenvalue weighted by atomic mass is 35.5. The second-order valence-corrected chi connectivity index (χ2v) is 3.90. The van der Waals surface area contributed by atoms with E-state index in [1.54, 1.807) is 12.1 Å². The molecule has 0 aromatic heterocycles. The molecular formula is C11H12Cl2O2. The van der Waals surface area contributed by atoms with Gasteiger partial charge in [-0.2, -0.15) is 0 Å². The van der Waals surface area contributed by atoms with Gasteiger partial charge < -0.3 is 4.74 Å². The van der Waals surface area contributed by atoms with E-state index in [0.717, 1.165) is 12.8 Å². The highest BCUT2D eigenvalue weighted by Crippen LogP contribution is 2.24. The summed E-state index contributed by atoms with van der Waals surface area (Å²) in [5, 5.41) is -0.0779. The molecule has 82 valence electrons. The summed E-state index contributed by atoms with van der Waals surface area (Å²) >= 11 is 11.2. The highest BCUT2D eigenvalue weighted by molar-refractivity contribution is 6.68. The molecule has 1 aromatic carbocycles. The lowest BCUT2D eigenvalue weighted by atomic mass is 10.2. The largest absolute Gasteiger partial charge is 0.493 e. The van der Waals surface area contributed by atoms with Crippen molar-refractivity contribution in [1.82, 2.24) is 0 Å². The second kappa shape index (κ2) is 5.99. The predicted molar refractivity (Wildman–Crippen MR) is 62.0 cm³/mol. The number of carbonyl (C=O) groups excluding carboxylic acids is 1. The molecule has 2 nitrogen and oxygen atoms in total. The number of rotatable bonds is 5. The standard InChI is InChI=1S/C11H12Cl2O2/c1-2-3-6-15-10-5-4-8(12)7-9(10)11(13)14/h4-5,7H,2-3,6H2,1H3. The number of hydrogen-bond donors (Lipinski definition) is 0. The van der Waals surface area contributed by atoms with Gasteiger partial charge in [0.05, 0.1) is 12.2 Å². The van der Waals surface area contributed by atoms with E-state index in [4.69, 9.17) is 27.9 Å². The average molecular weight is 247 g/mol. The molecule has 0 aliphatic rings. The van der Waals surface area contributed by atoms with Crippen LogP contribution in [0, 0.1) is 0 Å². The number of benzene rings is 1. The monoisotopic (exact) mass is 246 g/mol. The first-order valence-electron chi connectivity index (χ1n) is 4.77. The van der Waals surface area contributed by atoms with E-state index in [0.29, 0.717) is 22.9 Å². The van der Waals surface area contributed by atoms with Crippen molar-refractivity contribution in [2.75, 3.05) is 6.61 Å². The van der Waals surface area contributed by atoms with E-state index in [1.807, 2.05) is 0 Å². The highest BCUT2D eigenvalue weighted by Gasteiger charge is 2.10. The molecule has 0 atom stereocenters. The van der Waals surface area contributed by atoms with Crippen LogP contribution in [0.3, 0.4) is 0 Å². The zero-order valence-corrected chi connectivity index (χ0v) is 9.94. The summed E-state index contributed by atoms with van der Waals surface area (Å²) in [4.78, 5) is 11.1. The van der Waals surface area contributed by atoms with Crippen LogP contribution < -0.4 is 4.74 Å². The number of unbranched alkanes of at least 4 members (excludes halogenated alkanes) is 1. The topological polar surface area (TPSA) is 26.3 Å². The minimum atomic E-state index is -0.552. The number of halogens is 2. The van der Waals surface area contributed by atoms with Crippen molar-refractivity contribution in [1.29, 1.82) is 0 Å². The number of ether oxygens (including phenoxy) is 1. The summed E-state index contributed by atoms with van der Waals surface area (Å²) in [6, 6.07) is 4.85. The molecule has 1 rings (SSSR count). The Bertz CT molecular complexity index is 350. The molecule has 15 heavy (non-hydrogen) atoms. The molecular weight excluding hydrogens is 235 g/mol. The lowest BCUT2D eigenvalue weighted by Gasteiger charge is -2.08. The summed E-state index contributed by atoms with van der Waals surface area (Å²) in [5.74, 6) is 0.493. The first-order chi connectivity index (χ1) is 7.15. The van der Waals surface area contributed by atoms with Gasteiger partial charge >= 0.3 is 0 Å². The zero-order chi connectivity index (χ0) is 11.3. The van der Waals surface area contributed by atoms with Crippen molar-refractivity contribution < 1.29 is 9.53 Å². The van der Waals surface area contributed by atoms with E-state index in [-0.39, 0.29) is 0 Å². The van der Waals surface area contributed by atoms with Crippen LogP contribution in [0.2, 0.25) is 5.02 Å². The van der Waals surface area contributed by atoms with Crippen molar-refractivity contribution in [3.05, 3.63) is 28.8 Å². The summed E-state index contributed by atoms with van der Waals surface area (Å²) in [6.07, 6.45) is 1.98. The Hall–Kier alpha value is -0.730. The minimum absolute atomic E-state index is 0.320. The summed E-state index contributed by atoms with van der Waals surface area (Å²) in [6.45, 7) is 2.65. The van der Waals surface area contributed by atoms with Gasteiger partial charge in [0.1, 0.15) is 5.75 Å². The summed E-state index contributed by atoms with van der Waals surface area (Å²) in [7, 11) is 0. The summed E-state index contributed by atoms with van der Waals surface area (Å²) < 4.78 is 5.43. The van der Waals surface area contributed by atoms with Crippen molar-refractivity contribution in [2.24, 2.45) is 0 Å². The second-order valence-electron chi connectivity index (χ2n) is 3.12. The fourth-order valence-electron chi connectivity index (χ4n) is 1.11. The first-order valence-corrected chi connectivity index (χ1v) is 5.53. The molecule has 0 radical (unpaired) electrons. The molecule has 1 aromatic rings. The molecule has 0 fully saturated rings.